The van der Waals surface area contributed by atoms with E-state index in [9.17, 15) is 0 Å². The number of fused-ring (bicyclic) bond motifs is 1. The molecule has 0 radical (unpaired) electrons. The van der Waals surface area contributed by atoms with Gasteiger partial charge in [-0.2, -0.15) is 15.2 Å². The molecule has 3 heterocycles. The third-order valence-electron chi connectivity index (χ3n) is 5.46. The van der Waals surface area contributed by atoms with Crippen LogP contribution in [0.3, 0.4) is 0 Å². The lowest BCUT2D eigenvalue weighted by Crippen LogP contribution is -2.44. The van der Waals surface area contributed by atoms with Gasteiger partial charge >= 0.3 is 0 Å². The van der Waals surface area contributed by atoms with Crippen molar-refractivity contribution >= 4 is 39.7 Å². The number of hydrogen-bond acceptors (Lipinski definition) is 8. The first-order valence-corrected chi connectivity index (χ1v) is 10.4. The molecule has 0 atom stereocenters. The molecule has 0 aliphatic carbocycles. The fourth-order valence-corrected chi connectivity index (χ4v) is 3.68. The maximum absolute atomic E-state index is 4.59. The highest BCUT2D eigenvalue weighted by Crippen LogP contribution is 2.24. The SMILES string of the molecule is CN1CCN(c2ccc(Nc3nccc(Nc4cnnc5ccccc45)n3)cc2)CC1. The summed E-state index contributed by atoms with van der Waals surface area (Å²) in [4.78, 5) is 13.7. The van der Waals surface area contributed by atoms with Gasteiger partial charge in [0.05, 0.1) is 17.4 Å². The molecule has 0 amide bonds. The molecule has 1 fully saturated rings. The van der Waals surface area contributed by atoms with E-state index in [1.807, 2.05) is 30.3 Å². The Hall–Kier alpha value is -3.78. The molecular formula is C23H24N8. The Kier molecular flexibility index (Phi) is 5.28. The lowest BCUT2D eigenvalue weighted by atomic mass is 10.2. The van der Waals surface area contributed by atoms with E-state index < -0.39 is 0 Å². The molecule has 2 aromatic heterocycles. The second-order valence-electron chi connectivity index (χ2n) is 7.63. The summed E-state index contributed by atoms with van der Waals surface area (Å²) in [5.74, 6) is 1.22. The molecular weight excluding hydrogens is 388 g/mol. The number of likely N-dealkylation sites (N-methyl/N-ethyl adjacent to an activating group) is 1. The van der Waals surface area contributed by atoms with Gasteiger partial charge in [0.2, 0.25) is 5.95 Å². The van der Waals surface area contributed by atoms with Crippen LogP contribution in [0.5, 0.6) is 0 Å². The molecule has 8 heteroatoms. The first-order valence-electron chi connectivity index (χ1n) is 10.4. The summed E-state index contributed by atoms with van der Waals surface area (Å²) in [7, 11) is 2.17. The molecule has 31 heavy (non-hydrogen) atoms. The van der Waals surface area contributed by atoms with Crippen molar-refractivity contribution in [2.75, 3.05) is 48.8 Å². The van der Waals surface area contributed by atoms with Crippen molar-refractivity contribution in [2.45, 2.75) is 0 Å². The summed E-state index contributed by atoms with van der Waals surface area (Å²) >= 11 is 0. The number of rotatable bonds is 5. The minimum Gasteiger partial charge on any atom is -0.369 e. The molecule has 156 valence electrons. The van der Waals surface area contributed by atoms with Crippen molar-refractivity contribution in [3.8, 4) is 0 Å². The Morgan fingerprint density at radius 1 is 0.871 bits per heavy atom. The average Bonchev–Trinajstić information content (AvgIpc) is 2.81. The van der Waals surface area contributed by atoms with Crippen molar-refractivity contribution in [1.29, 1.82) is 0 Å². The zero-order valence-corrected chi connectivity index (χ0v) is 17.4. The quantitative estimate of drug-likeness (QED) is 0.514. The number of piperazine rings is 1. The van der Waals surface area contributed by atoms with E-state index in [1.54, 1.807) is 12.4 Å². The van der Waals surface area contributed by atoms with Gasteiger partial charge in [-0.25, -0.2) is 4.98 Å². The Morgan fingerprint density at radius 2 is 1.68 bits per heavy atom. The van der Waals surface area contributed by atoms with Gasteiger partial charge in [0, 0.05) is 49.1 Å². The van der Waals surface area contributed by atoms with Gasteiger partial charge in [-0.3, -0.25) is 0 Å². The number of benzene rings is 2. The summed E-state index contributed by atoms with van der Waals surface area (Å²) in [6.45, 7) is 4.29. The maximum Gasteiger partial charge on any atom is 0.229 e. The zero-order chi connectivity index (χ0) is 21.0. The summed E-state index contributed by atoms with van der Waals surface area (Å²) in [6, 6.07) is 18.1. The van der Waals surface area contributed by atoms with Crippen molar-refractivity contribution in [3.63, 3.8) is 0 Å². The number of nitrogens with one attached hydrogen (secondary N) is 2. The van der Waals surface area contributed by atoms with Gasteiger partial charge in [-0.05, 0) is 43.4 Å². The van der Waals surface area contributed by atoms with Crippen LogP contribution in [-0.4, -0.2) is 58.3 Å². The van der Waals surface area contributed by atoms with E-state index in [0.717, 1.165) is 48.5 Å². The minimum absolute atomic E-state index is 0.531. The molecule has 0 spiro atoms. The highest BCUT2D eigenvalue weighted by Gasteiger charge is 2.14. The van der Waals surface area contributed by atoms with Crippen LogP contribution in [0.25, 0.3) is 10.9 Å². The van der Waals surface area contributed by atoms with E-state index >= 15 is 0 Å². The predicted octanol–water partition coefficient (Wildman–Crippen LogP) is 3.66. The lowest BCUT2D eigenvalue weighted by molar-refractivity contribution is 0.313. The van der Waals surface area contributed by atoms with Gasteiger partial charge in [0.1, 0.15) is 5.82 Å². The highest BCUT2D eigenvalue weighted by molar-refractivity contribution is 5.91. The highest BCUT2D eigenvalue weighted by atomic mass is 15.2. The van der Waals surface area contributed by atoms with E-state index in [2.05, 4.69) is 71.9 Å². The van der Waals surface area contributed by atoms with Crippen LogP contribution < -0.4 is 15.5 Å². The third kappa shape index (κ3) is 4.39. The van der Waals surface area contributed by atoms with E-state index in [1.165, 1.54) is 5.69 Å². The molecule has 8 nitrogen and oxygen atoms in total. The number of hydrogen-bond donors (Lipinski definition) is 2. The normalized spacial score (nSPS) is 14.5. The molecule has 1 saturated heterocycles. The van der Waals surface area contributed by atoms with Gasteiger partial charge < -0.3 is 20.4 Å². The topological polar surface area (TPSA) is 82.1 Å². The van der Waals surface area contributed by atoms with Crippen molar-refractivity contribution in [3.05, 3.63) is 67.0 Å². The van der Waals surface area contributed by atoms with Crippen molar-refractivity contribution < 1.29 is 0 Å². The first kappa shape index (κ1) is 19.2. The standard InChI is InChI=1S/C23H24N8/c1-30-12-14-31(15-13-30)18-8-6-17(7-9-18)26-23-24-11-10-22(28-23)27-21-16-25-29-20-5-3-2-4-19(20)21/h2-11,16H,12-15H2,1H3,(H2,24,26,27,28,29). The Balaban J connectivity index is 1.29. The molecule has 1 aliphatic heterocycles. The maximum atomic E-state index is 4.59. The first-order chi connectivity index (χ1) is 15.2. The largest absolute Gasteiger partial charge is 0.369 e. The van der Waals surface area contributed by atoms with Gasteiger partial charge in [-0.15, -0.1) is 0 Å². The summed E-state index contributed by atoms with van der Waals surface area (Å²) < 4.78 is 0. The van der Waals surface area contributed by atoms with E-state index in [0.29, 0.717) is 11.8 Å². The van der Waals surface area contributed by atoms with Crippen LogP contribution in [0.15, 0.2) is 67.0 Å². The fraction of sp³-hybridized carbons (Fsp3) is 0.217. The lowest BCUT2D eigenvalue weighted by Gasteiger charge is -2.34. The van der Waals surface area contributed by atoms with Crippen LogP contribution >= 0.6 is 0 Å². The molecule has 2 aromatic carbocycles. The van der Waals surface area contributed by atoms with Gasteiger partial charge in [0.25, 0.3) is 0 Å². The van der Waals surface area contributed by atoms with Crippen LogP contribution in [-0.2, 0) is 0 Å². The molecule has 0 unspecified atom stereocenters. The van der Waals surface area contributed by atoms with Crippen molar-refractivity contribution in [1.82, 2.24) is 25.1 Å². The Bertz CT molecular complexity index is 1160. The monoisotopic (exact) mass is 412 g/mol. The Labute approximate surface area is 181 Å². The smallest absolute Gasteiger partial charge is 0.229 e. The fourth-order valence-electron chi connectivity index (χ4n) is 3.68. The summed E-state index contributed by atoms with van der Waals surface area (Å²) in [5.41, 5.74) is 3.88. The van der Waals surface area contributed by atoms with Crippen LogP contribution in [0, 0.1) is 0 Å². The third-order valence-corrected chi connectivity index (χ3v) is 5.46. The van der Waals surface area contributed by atoms with Crippen LogP contribution in [0.1, 0.15) is 0 Å². The number of nitrogens with zero attached hydrogens (tertiary/aromatic N) is 6. The van der Waals surface area contributed by atoms with E-state index in [-0.39, 0.29) is 0 Å². The molecule has 0 saturated carbocycles. The second kappa shape index (κ2) is 8.53. The summed E-state index contributed by atoms with van der Waals surface area (Å²) in [6.07, 6.45) is 3.43. The Morgan fingerprint density at radius 3 is 2.52 bits per heavy atom. The van der Waals surface area contributed by atoms with Gasteiger partial charge in [-0.1, -0.05) is 18.2 Å². The van der Waals surface area contributed by atoms with Crippen molar-refractivity contribution in [2.24, 2.45) is 0 Å². The molecule has 1 aliphatic rings. The molecule has 0 bridgehead atoms. The minimum atomic E-state index is 0.531. The summed E-state index contributed by atoms with van der Waals surface area (Å²) in [5, 5.41) is 15.8. The number of anilines is 5. The predicted molar refractivity (Wildman–Crippen MR) is 124 cm³/mol. The zero-order valence-electron chi connectivity index (χ0n) is 17.4. The van der Waals surface area contributed by atoms with E-state index in [4.69, 9.17) is 0 Å². The van der Waals surface area contributed by atoms with Crippen LogP contribution in [0.4, 0.5) is 28.8 Å². The molecule has 4 aromatic rings. The average molecular weight is 413 g/mol. The molecule has 2 N–H and O–H groups in total. The van der Waals surface area contributed by atoms with Gasteiger partial charge in [0.15, 0.2) is 0 Å². The number of aromatic nitrogens is 4. The molecule has 5 rings (SSSR count). The second-order valence-corrected chi connectivity index (χ2v) is 7.63. The van der Waals surface area contributed by atoms with Crippen LogP contribution in [0.2, 0.25) is 0 Å².